The van der Waals surface area contributed by atoms with E-state index >= 15 is 0 Å². The van der Waals surface area contributed by atoms with Gasteiger partial charge in [0, 0.05) is 24.7 Å². The van der Waals surface area contributed by atoms with Gasteiger partial charge in [-0.25, -0.2) is 0 Å². The van der Waals surface area contributed by atoms with Gasteiger partial charge < -0.3 is 10.6 Å². The number of hydrogen-bond donors (Lipinski definition) is 1. The van der Waals surface area contributed by atoms with Crippen molar-refractivity contribution in [3.05, 3.63) is 0 Å². The van der Waals surface area contributed by atoms with Gasteiger partial charge in [0.15, 0.2) is 0 Å². The molecule has 17 heavy (non-hydrogen) atoms. The molecule has 2 fully saturated rings. The summed E-state index contributed by atoms with van der Waals surface area (Å²) in [6.07, 6.45) is 6.71. The van der Waals surface area contributed by atoms with Crippen LogP contribution in [-0.2, 0) is 0 Å². The molecule has 0 spiro atoms. The fourth-order valence-electron chi connectivity index (χ4n) is 3.96. The molecule has 1 saturated heterocycles. The maximum absolute atomic E-state index is 6.11. The summed E-state index contributed by atoms with van der Waals surface area (Å²) >= 11 is 0. The highest BCUT2D eigenvalue weighted by atomic mass is 15.3. The maximum Gasteiger partial charge on any atom is 0.0354 e. The van der Waals surface area contributed by atoms with Crippen LogP contribution in [0.5, 0.6) is 0 Å². The van der Waals surface area contributed by atoms with Gasteiger partial charge in [0.25, 0.3) is 0 Å². The number of likely N-dealkylation sites (N-methyl/N-ethyl adjacent to an activating group) is 2. The molecule has 1 aliphatic carbocycles. The standard InChI is InChI=1S/C14H29N3/c1-12-6-4-8-14(12,11-15)17(3)10-13-7-5-9-16(13)2/h12-13H,4-11,15H2,1-3H3. The van der Waals surface area contributed by atoms with E-state index in [1.807, 2.05) is 0 Å². The van der Waals surface area contributed by atoms with E-state index in [2.05, 4.69) is 30.8 Å². The molecule has 1 saturated carbocycles. The number of likely N-dealkylation sites (tertiary alicyclic amines) is 1. The van der Waals surface area contributed by atoms with E-state index in [9.17, 15) is 0 Å². The SMILES string of the molecule is CC1CCCC1(CN)N(C)CC1CCCN1C. The number of nitrogens with zero attached hydrogens (tertiary/aromatic N) is 2. The Labute approximate surface area is 106 Å². The fourth-order valence-corrected chi connectivity index (χ4v) is 3.96. The third-order valence-corrected chi connectivity index (χ3v) is 5.43. The normalized spacial score (nSPS) is 39.4. The molecule has 0 aromatic carbocycles. The van der Waals surface area contributed by atoms with Crippen molar-refractivity contribution < 1.29 is 0 Å². The molecule has 3 heteroatoms. The maximum atomic E-state index is 6.11. The third kappa shape index (κ3) is 2.38. The quantitative estimate of drug-likeness (QED) is 0.807. The van der Waals surface area contributed by atoms with Crippen LogP contribution >= 0.6 is 0 Å². The summed E-state index contributed by atoms with van der Waals surface area (Å²) in [6.45, 7) is 5.66. The van der Waals surface area contributed by atoms with Crippen molar-refractivity contribution in [2.75, 3.05) is 33.7 Å². The van der Waals surface area contributed by atoms with Crippen LogP contribution in [0.15, 0.2) is 0 Å². The van der Waals surface area contributed by atoms with Crippen LogP contribution in [0.1, 0.15) is 39.0 Å². The molecule has 2 aliphatic rings. The summed E-state index contributed by atoms with van der Waals surface area (Å²) in [5.74, 6) is 0.754. The number of nitrogens with two attached hydrogens (primary N) is 1. The van der Waals surface area contributed by atoms with Crippen molar-refractivity contribution in [1.29, 1.82) is 0 Å². The molecule has 3 nitrogen and oxygen atoms in total. The first-order chi connectivity index (χ1) is 8.10. The van der Waals surface area contributed by atoms with E-state index in [0.29, 0.717) is 0 Å². The zero-order valence-electron chi connectivity index (χ0n) is 11.8. The summed E-state index contributed by atoms with van der Waals surface area (Å²) in [5.41, 5.74) is 6.39. The van der Waals surface area contributed by atoms with E-state index in [1.165, 1.54) is 45.2 Å². The van der Waals surface area contributed by atoms with Gasteiger partial charge >= 0.3 is 0 Å². The van der Waals surface area contributed by atoms with Crippen molar-refractivity contribution in [2.24, 2.45) is 11.7 Å². The molecule has 0 radical (unpaired) electrons. The monoisotopic (exact) mass is 239 g/mol. The topological polar surface area (TPSA) is 32.5 Å². The second-order valence-corrected chi connectivity index (χ2v) is 6.26. The van der Waals surface area contributed by atoms with E-state index in [0.717, 1.165) is 18.5 Å². The molecule has 2 N–H and O–H groups in total. The van der Waals surface area contributed by atoms with Gasteiger partial charge in [0.2, 0.25) is 0 Å². The Bertz CT molecular complexity index is 256. The van der Waals surface area contributed by atoms with Crippen LogP contribution in [0.2, 0.25) is 0 Å². The molecule has 0 aromatic heterocycles. The Kier molecular flexibility index (Phi) is 4.11. The van der Waals surface area contributed by atoms with Crippen molar-refractivity contribution in [3.8, 4) is 0 Å². The smallest absolute Gasteiger partial charge is 0.0354 e. The number of rotatable bonds is 4. The summed E-state index contributed by atoms with van der Waals surface area (Å²) < 4.78 is 0. The van der Waals surface area contributed by atoms with Gasteiger partial charge in [0.05, 0.1) is 0 Å². The Balaban J connectivity index is 2.00. The molecule has 3 atom stereocenters. The van der Waals surface area contributed by atoms with Crippen molar-refractivity contribution in [1.82, 2.24) is 9.80 Å². The molecule has 2 rings (SSSR count). The first-order valence-corrected chi connectivity index (χ1v) is 7.21. The lowest BCUT2D eigenvalue weighted by molar-refractivity contribution is 0.0684. The molecular weight excluding hydrogens is 210 g/mol. The average Bonchev–Trinajstić information content (AvgIpc) is 2.87. The lowest BCUT2D eigenvalue weighted by Crippen LogP contribution is -2.56. The first kappa shape index (κ1) is 13.3. The van der Waals surface area contributed by atoms with Gasteiger partial charge in [0.1, 0.15) is 0 Å². The Morgan fingerprint density at radius 3 is 2.59 bits per heavy atom. The van der Waals surface area contributed by atoms with Gasteiger partial charge in [-0.05, 0) is 52.2 Å². The second-order valence-electron chi connectivity index (χ2n) is 6.26. The lowest BCUT2D eigenvalue weighted by atomic mass is 9.86. The zero-order valence-corrected chi connectivity index (χ0v) is 11.8. The molecule has 0 aromatic rings. The molecule has 1 heterocycles. The van der Waals surface area contributed by atoms with Crippen molar-refractivity contribution in [3.63, 3.8) is 0 Å². The predicted octanol–water partition coefficient (Wildman–Crippen LogP) is 1.53. The second kappa shape index (κ2) is 5.25. The van der Waals surface area contributed by atoms with E-state index in [4.69, 9.17) is 5.73 Å². The molecular formula is C14H29N3. The average molecular weight is 239 g/mol. The summed E-state index contributed by atoms with van der Waals surface area (Å²) in [4.78, 5) is 5.09. The fraction of sp³-hybridized carbons (Fsp3) is 1.00. The van der Waals surface area contributed by atoms with Gasteiger partial charge in [-0.15, -0.1) is 0 Å². The van der Waals surface area contributed by atoms with Gasteiger partial charge in [-0.1, -0.05) is 13.3 Å². The van der Waals surface area contributed by atoms with Crippen LogP contribution in [-0.4, -0.2) is 55.1 Å². The molecule has 1 aliphatic heterocycles. The molecule has 0 amide bonds. The van der Waals surface area contributed by atoms with E-state index < -0.39 is 0 Å². The highest BCUT2D eigenvalue weighted by molar-refractivity contribution is 5.00. The van der Waals surface area contributed by atoms with Crippen molar-refractivity contribution in [2.45, 2.75) is 50.6 Å². The largest absolute Gasteiger partial charge is 0.329 e. The van der Waals surface area contributed by atoms with E-state index in [1.54, 1.807) is 0 Å². The van der Waals surface area contributed by atoms with E-state index in [-0.39, 0.29) is 5.54 Å². The van der Waals surface area contributed by atoms with Crippen LogP contribution in [0.3, 0.4) is 0 Å². The molecule has 100 valence electrons. The van der Waals surface area contributed by atoms with Crippen LogP contribution in [0.25, 0.3) is 0 Å². The zero-order chi connectivity index (χ0) is 12.5. The van der Waals surface area contributed by atoms with Crippen LogP contribution in [0.4, 0.5) is 0 Å². The predicted molar refractivity (Wildman–Crippen MR) is 73.1 cm³/mol. The Morgan fingerprint density at radius 1 is 1.35 bits per heavy atom. The highest BCUT2D eigenvalue weighted by Crippen LogP contribution is 2.39. The lowest BCUT2D eigenvalue weighted by Gasteiger charge is -2.43. The Morgan fingerprint density at radius 2 is 2.12 bits per heavy atom. The summed E-state index contributed by atoms with van der Waals surface area (Å²) in [7, 11) is 4.56. The number of hydrogen-bond acceptors (Lipinski definition) is 3. The molecule has 3 unspecified atom stereocenters. The van der Waals surface area contributed by atoms with Gasteiger partial charge in [-0.3, -0.25) is 4.90 Å². The minimum absolute atomic E-state index is 0.281. The minimum atomic E-state index is 0.281. The molecule has 0 bridgehead atoms. The Hall–Kier alpha value is -0.120. The minimum Gasteiger partial charge on any atom is -0.329 e. The van der Waals surface area contributed by atoms with Gasteiger partial charge in [-0.2, -0.15) is 0 Å². The highest BCUT2D eigenvalue weighted by Gasteiger charge is 2.43. The van der Waals surface area contributed by atoms with Crippen LogP contribution < -0.4 is 5.73 Å². The summed E-state index contributed by atoms with van der Waals surface area (Å²) in [6, 6.07) is 0.747. The third-order valence-electron chi connectivity index (χ3n) is 5.43. The van der Waals surface area contributed by atoms with Crippen LogP contribution in [0, 0.1) is 5.92 Å². The van der Waals surface area contributed by atoms with Crippen molar-refractivity contribution >= 4 is 0 Å². The summed E-state index contributed by atoms with van der Waals surface area (Å²) in [5, 5.41) is 0. The first-order valence-electron chi connectivity index (χ1n) is 7.21.